The van der Waals surface area contributed by atoms with Gasteiger partial charge in [-0.3, -0.25) is 0 Å². The molecule has 88 heavy (non-hydrogen) atoms. The number of aromatic nitrogens is 5. The van der Waals surface area contributed by atoms with Gasteiger partial charge in [0.25, 0.3) is 0 Å². The first kappa shape index (κ1) is 52.5. The van der Waals surface area contributed by atoms with Crippen LogP contribution in [0.4, 0.5) is 22.7 Å². The summed E-state index contributed by atoms with van der Waals surface area (Å²) in [6.45, 7) is 32.4. The third-order valence-corrected chi connectivity index (χ3v) is 15.9. The Balaban J connectivity index is 1.04. The Morgan fingerprint density at radius 1 is 0.318 bits per heavy atom. The third-order valence-electron chi connectivity index (χ3n) is 15.9. The van der Waals surface area contributed by atoms with Crippen LogP contribution in [-0.2, 0) is 0 Å². The van der Waals surface area contributed by atoms with Gasteiger partial charge in [-0.2, -0.15) is 15.8 Å². The molecule has 0 aliphatic carbocycles. The molecule has 11 aromatic carbocycles. The number of hydrogen-bond donors (Lipinski definition) is 0. The highest BCUT2D eigenvalue weighted by Gasteiger charge is 2.25. The highest BCUT2D eigenvalue weighted by Crippen LogP contribution is 2.47. The van der Waals surface area contributed by atoms with Gasteiger partial charge in [0.1, 0.15) is 0 Å². The van der Waals surface area contributed by atoms with Crippen molar-refractivity contribution in [2.24, 2.45) is 0 Å². The SMILES string of the molecule is [C-]#[N+]c1cc(C#N)c(-c2ccc3c(c2)c2ccccc2n3-c2ccc(-c3nc(-c4ccccc4)nc(-c4ccccc4)n3)cc2-c2ccc(-n3c4ccccc4c4cc(-c5c(C#N)cc(C#N)cc5[N+]#[C-])ccc43)c(-c3ccccc3[N+]#[C-])c2)c([N+]#[C-])c1. The topological polar surface area (TPSA) is 137 Å². The van der Waals surface area contributed by atoms with E-state index in [1.165, 1.54) is 24.3 Å². The molecule has 14 rings (SSSR count). The molecule has 0 fully saturated rings. The van der Waals surface area contributed by atoms with E-state index >= 15 is 0 Å². The second kappa shape index (κ2) is 21.7. The average Bonchev–Trinajstić information content (AvgIpc) is 2.00. The van der Waals surface area contributed by atoms with Crippen LogP contribution in [0, 0.1) is 60.3 Å². The van der Waals surface area contributed by atoms with Crippen LogP contribution in [0.15, 0.2) is 231 Å². The lowest BCUT2D eigenvalue weighted by Gasteiger charge is -2.20. The van der Waals surface area contributed by atoms with Gasteiger partial charge in [-0.1, -0.05) is 146 Å². The molecule has 12 heteroatoms. The van der Waals surface area contributed by atoms with Crippen LogP contribution in [0.1, 0.15) is 16.7 Å². The largest absolute Gasteiger partial charge is 0.309 e. The van der Waals surface area contributed by atoms with E-state index in [4.69, 9.17) is 41.2 Å². The second-order valence-electron chi connectivity index (χ2n) is 20.8. The van der Waals surface area contributed by atoms with E-state index in [9.17, 15) is 15.8 Å². The van der Waals surface area contributed by atoms with Gasteiger partial charge in [0.2, 0.25) is 0 Å². The predicted octanol–water partition coefficient (Wildman–Crippen LogP) is 19.6. The second-order valence-corrected chi connectivity index (χ2v) is 20.8. The standard InChI is InChI=1S/C76H38N12/c1-80-55-37-54(45-79)73(65(42-55)83-4)51-29-32-70-61(40-51)57-22-12-15-25-66(57)87(70)68-34-30-52(76-85-74(47-17-7-5-8-18-47)84-75(86-76)48-19-9-6-10-20-48)41-59(68)49-27-31-69(60(38-49)56-21-11-14-24-63(56)81-2)88-67-26-16-13-23-58(67)62-39-50(28-33-71(62)88)72-53(44-78)35-46(43-77)36-64(72)82-3/h5-42H. The Bertz CT molecular complexity index is 5480. The molecule has 0 saturated carbocycles. The van der Waals surface area contributed by atoms with E-state index < -0.39 is 0 Å². The molecule has 0 atom stereocenters. The van der Waals surface area contributed by atoms with Crippen molar-refractivity contribution >= 4 is 66.4 Å². The number of fused-ring (bicyclic) bond motifs is 6. The summed E-state index contributed by atoms with van der Waals surface area (Å²) in [5, 5.41) is 34.2. The maximum atomic E-state index is 10.4. The third kappa shape index (κ3) is 8.77. The molecular weight excluding hydrogens is 1080 g/mol. The van der Waals surface area contributed by atoms with Crippen molar-refractivity contribution in [3.8, 4) is 108 Å². The molecule has 0 amide bonds. The molecule has 12 nitrogen and oxygen atoms in total. The molecular formula is C76H38N12. The van der Waals surface area contributed by atoms with Crippen LogP contribution in [0.5, 0.6) is 0 Å². The van der Waals surface area contributed by atoms with Crippen LogP contribution in [0.2, 0.25) is 0 Å². The van der Waals surface area contributed by atoms with Crippen molar-refractivity contribution in [1.29, 1.82) is 15.8 Å². The van der Waals surface area contributed by atoms with E-state index in [-0.39, 0.29) is 33.8 Å². The molecule has 0 N–H and O–H groups in total. The first-order valence-corrected chi connectivity index (χ1v) is 27.7. The molecule has 0 radical (unpaired) electrons. The van der Waals surface area contributed by atoms with Crippen molar-refractivity contribution in [2.45, 2.75) is 0 Å². The Morgan fingerprint density at radius 2 is 0.773 bits per heavy atom. The van der Waals surface area contributed by atoms with Crippen molar-refractivity contribution in [3.05, 3.63) is 293 Å². The van der Waals surface area contributed by atoms with E-state index in [0.717, 1.165) is 82.8 Å². The van der Waals surface area contributed by atoms with Crippen molar-refractivity contribution in [2.75, 3.05) is 0 Å². The summed E-state index contributed by atoms with van der Waals surface area (Å²) in [5.74, 6) is 1.47. The molecule has 402 valence electrons. The molecule has 0 unspecified atom stereocenters. The Kier molecular flexibility index (Phi) is 12.9. The molecule has 0 aliphatic heterocycles. The summed E-state index contributed by atoms with van der Waals surface area (Å²) in [4.78, 5) is 30.6. The minimum absolute atomic E-state index is 0.207. The van der Waals surface area contributed by atoms with Crippen LogP contribution in [0.3, 0.4) is 0 Å². The van der Waals surface area contributed by atoms with Gasteiger partial charge >= 0.3 is 0 Å². The quantitative estimate of drug-likeness (QED) is 0.132. The van der Waals surface area contributed by atoms with E-state index in [0.29, 0.717) is 56.5 Å². The lowest BCUT2D eigenvalue weighted by molar-refractivity contribution is 1.07. The number of para-hydroxylation sites is 3. The fraction of sp³-hybridized carbons (Fsp3) is 0. The molecule has 0 aliphatic rings. The van der Waals surface area contributed by atoms with Crippen LogP contribution < -0.4 is 0 Å². The predicted molar refractivity (Wildman–Crippen MR) is 346 cm³/mol. The zero-order chi connectivity index (χ0) is 60.0. The smallest absolute Gasteiger partial charge is 0.197 e. The summed E-state index contributed by atoms with van der Waals surface area (Å²) >= 11 is 0. The Labute approximate surface area is 504 Å². The minimum atomic E-state index is 0.207. The Hall–Kier alpha value is -13.5. The normalized spacial score (nSPS) is 10.9. The van der Waals surface area contributed by atoms with Gasteiger partial charge < -0.3 is 9.13 Å². The van der Waals surface area contributed by atoms with Crippen LogP contribution in [0.25, 0.3) is 153 Å². The maximum Gasteiger partial charge on any atom is 0.197 e. The number of nitriles is 3. The number of benzene rings is 11. The number of nitrogens with zero attached hydrogens (tertiary/aromatic N) is 12. The molecule has 14 aromatic rings. The van der Waals surface area contributed by atoms with E-state index in [1.807, 2.05) is 152 Å². The lowest BCUT2D eigenvalue weighted by Crippen LogP contribution is -2.02. The Morgan fingerprint density at radius 3 is 1.32 bits per heavy atom. The zero-order valence-electron chi connectivity index (χ0n) is 46.3. The number of hydrogen-bond acceptors (Lipinski definition) is 6. The highest BCUT2D eigenvalue weighted by molar-refractivity contribution is 6.13. The van der Waals surface area contributed by atoms with Gasteiger partial charge in [0.15, 0.2) is 40.2 Å². The van der Waals surface area contributed by atoms with Crippen LogP contribution >= 0.6 is 0 Å². The van der Waals surface area contributed by atoms with Gasteiger partial charge in [-0.15, -0.1) is 0 Å². The van der Waals surface area contributed by atoms with Gasteiger partial charge in [-0.05, 0) is 113 Å². The monoisotopic (exact) mass is 1120 g/mol. The fourth-order valence-corrected chi connectivity index (χ4v) is 12.1. The maximum absolute atomic E-state index is 10.4. The molecule has 0 spiro atoms. The zero-order valence-corrected chi connectivity index (χ0v) is 46.3. The average molecular weight is 1120 g/mol. The first-order valence-electron chi connectivity index (χ1n) is 27.7. The summed E-state index contributed by atoms with van der Waals surface area (Å²) in [6, 6.07) is 80.6. The molecule has 0 saturated heterocycles. The molecule has 3 aromatic heterocycles. The first-order chi connectivity index (χ1) is 43.3. The van der Waals surface area contributed by atoms with Crippen molar-refractivity contribution < 1.29 is 0 Å². The summed E-state index contributed by atoms with van der Waals surface area (Å²) in [5.41, 5.74) is 14.5. The summed E-state index contributed by atoms with van der Waals surface area (Å²) in [7, 11) is 0. The van der Waals surface area contributed by atoms with E-state index in [2.05, 4.69) is 101 Å². The van der Waals surface area contributed by atoms with Gasteiger partial charge in [0, 0.05) is 66.1 Å². The highest BCUT2D eigenvalue weighted by atomic mass is 15.0. The number of rotatable bonds is 9. The van der Waals surface area contributed by atoms with Gasteiger partial charge in [0.05, 0.1) is 83.5 Å². The lowest BCUT2D eigenvalue weighted by atomic mass is 9.93. The summed E-state index contributed by atoms with van der Waals surface area (Å²) < 4.78 is 4.42. The van der Waals surface area contributed by atoms with E-state index in [1.54, 1.807) is 0 Å². The fourth-order valence-electron chi connectivity index (χ4n) is 12.1. The molecule has 3 heterocycles. The minimum Gasteiger partial charge on any atom is -0.309 e. The van der Waals surface area contributed by atoms with Crippen LogP contribution in [-0.4, -0.2) is 24.1 Å². The molecule has 0 bridgehead atoms. The van der Waals surface area contributed by atoms with Crippen molar-refractivity contribution in [1.82, 2.24) is 24.1 Å². The van der Waals surface area contributed by atoms with Crippen molar-refractivity contribution in [3.63, 3.8) is 0 Å². The van der Waals surface area contributed by atoms with Gasteiger partial charge in [-0.25, -0.2) is 34.3 Å². The summed E-state index contributed by atoms with van der Waals surface area (Å²) in [6.07, 6.45) is 0.